The molecule has 0 bridgehead atoms. The molecule has 8 heteroatoms. The van der Waals surface area contributed by atoms with Gasteiger partial charge in [-0.05, 0) is 55.3 Å². The van der Waals surface area contributed by atoms with Gasteiger partial charge in [-0.25, -0.2) is 15.0 Å². The van der Waals surface area contributed by atoms with E-state index in [1.165, 1.54) is 0 Å². The van der Waals surface area contributed by atoms with Crippen LogP contribution in [0, 0.1) is 0 Å². The van der Waals surface area contributed by atoms with Crippen molar-refractivity contribution >= 4 is 34.8 Å². The number of ether oxygens (including phenoxy) is 1. The number of hydrogen-bond donors (Lipinski definition) is 3. The maximum Gasteiger partial charge on any atom is 0.186 e. The summed E-state index contributed by atoms with van der Waals surface area (Å²) in [6, 6.07) is 11.7. The van der Waals surface area contributed by atoms with E-state index in [2.05, 4.69) is 15.3 Å². The number of benzene rings is 1. The number of fused-ring (bicyclic) bond motifs is 1. The fourth-order valence-electron chi connectivity index (χ4n) is 3.87. The van der Waals surface area contributed by atoms with Gasteiger partial charge in [-0.15, -0.1) is 0 Å². The summed E-state index contributed by atoms with van der Waals surface area (Å²) in [6.07, 6.45) is 9.66. The lowest BCUT2D eigenvalue weighted by Gasteiger charge is -2.30. The molecule has 31 heavy (non-hydrogen) atoms. The Labute approximate surface area is 181 Å². The molecule has 0 unspecified atom stereocenters. The van der Waals surface area contributed by atoms with E-state index >= 15 is 0 Å². The van der Waals surface area contributed by atoms with Gasteiger partial charge in [0.25, 0.3) is 0 Å². The molecule has 2 aromatic heterocycles. The fraction of sp³-hybridized carbons (Fsp3) is 0.304. The van der Waals surface area contributed by atoms with Crippen molar-refractivity contribution in [1.29, 1.82) is 0 Å². The molecule has 3 aromatic rings. The summed E-state index contributed by atoms with van der Waals surface area (Å²) < 4.78 is 5.42. The topological polar surface area (TPSA) is 124 Å². The molecule has 0 saturated heterocycles. The van der Waals surface area contributed by atoms with Crippen LogP contribution < -0.4 is 21.5 Å². The molecular weight excluding hydrogens is 390 g/mol. The van der Waals surface area contributed by atoms with Gasteiger partial charge in [-0.2, -0.15) is 0 Å². The second-order valence-electron chi connectivity index (χ2n) is 7.56. The minimum absolute atomic E-state index is 0.0156. The Kier molecular flexibility index (Phi) is 6.26. The quantitative estimate of drug-likeness (QED) is 0.415. The number of nitrogens with zero attached hydrogens (tertiary/aromatic N) is 4. The lowest BCUT2D eigenvalue weighted by Crippen LogP contribution is -2.38. The Balaban J connectivity index is 1.72. The molecule has 0 spiro atoms. The van der Waals surface area contributed by atoms with Gasteiger partial charge in [-0.3, -0.25) is 4.98 Å². The predicted molar refractivity (Wildman–Crippen MR) is 125 cm³/mol. The first-order chi connectivity index (χ1) is 15.1. The number of nitrogens with one attached hydrogen (secondary N) is 1. The molecule has 1 saturated carbocycles. The molecule has 4 rings (SSSR count). The van der Waals surface area contributed by atoms with Crippen molar-refractivity contribution in [2.45, 2.75) is 37.8 Å². The molecule has 1 fully saturated rings. The average molecular weight is 418 g/mol. The zero-order valence-electron chi connectivity index (χ0n) is 17.5. The zero-order valence-corrected chi connectivity index (χ0v) is 17.5. The van der Waals surface area contributed by atoms with Crippen molar-refractivity contribution in [3.63, 3.8) is 0 Å². The Morgan fingerprint density at radius 3 is 2.77 bits per heavy atom. The van der Waals surface area contributed by atoms with Crippen LogP contribution in [0.5, 0.6) is 5.75 Å². The summed E-state index contributed by atoms with van der Waals surface area (Å²) in [5.41, 5.74) is 13.0. The molecular formula is C23H27N7O. The third-order valence-electron chi connectivity index (χ3n) is 5.38. The van der Waals surface area contributed by atoms with E-state index in [0.717, 1.165) is 53.8 Å². The monoisotopic (exact) mass is 417 g/mol. The van der Waals surface area contributed by atoms with E-state index in [4.69, 9.17) is 26.2 Å². The lowest BCUT2D eigenvalue weighted by atomic mass is 9.90. The van der Waals surface area contributed by atoms with Gasteiger partial charge in [0.15, 0.2) is 11.8 Å². The van der Waals surface area contributed by atoms with Gasteiger partial charge in [0.2, 0.25) is 0 Å². The van der Waals surface area contributed by atoms with Gasteiger partial charge in [0.1, 0.15) is 11.6 Å². The molecule has 0 aliphatic heterocycles. The van der Waals surface area contributed by atoms with Gasteiger partial charge in [0.05, 0.1) is 30.4 Å². The molecule has 2 heterocycles. The highest BCUT2D eigenvalue weighted by molar-refractivity contribution is 5.91. The minimum Gasteiger partial charge on any atom is -0.497 e. The van der Waals surface area contributed by atoms with Gasteiger partial charge < -0.3 is 21.5 Å². The number of rotatable bonds is 6. The zero-order chi connectivity index (χ0) is 21.6. The van der Waals surface area contributed by atoms with Crippen LogP contribution in [0.3, 0.4) is 0 Å². The molecule has 1 aromatic carbocycles. The second-order valence-corrected chi connectivity index (χ2v) is 7.56. The molecule has 0 amide bonds. The Bertz CT molecular complexity index is 1090. The minimum atomic E-state index is 0.0156. The largest absolute Gasteiger partial charge is 0.497 e. The highest BCUT2D eigenvalue weighted by Gasteiger charge is 2.26. The average Bonchev–Trinajstić information content (AvgIpc) is 2.79. The number of guanidine groups is 1. The standard InChI is InChI=1S/C23H27N7O/c1-31-16-10-11-18-17(14-16)22(28-19-7-2-3-8-20(19)29-23(24)25)30-21(27-18)12-9-15-6-4-5-13-26-15/h4-6,9-14,19-20H,2-3,7-8H2,1H3,(H4,24,25,29)(H,27,28,30)/b12-9+/t19-,20+/m1/s1. The SMILES string of the molecule is COc1ccc2nc(/C=C/c3ccccn3)nc(N[C@@H]3CCCC[C@@H]3N=C(N)N)c2c1. The summed E-state index contributed by atoms with van der Waals surface area (Å²) in [5.74, 6) is 2.21. The van der Waals surface area contributed by atoms with Gasteiger partial charge in [-0.1, -0.05) is 18.9 Å². The number of methoxy groups -OCH3 is 1. The smallest absolute Gasteiger partial charge is 0.186 e. The van der Waals surface area contributed by atoms with Crippen LogP contribution in [0.15, 0.2) is 47.6 Å². The number of nitrogens with two attached hydrogens (primary N) is 2. The first-order valence-corrected chi connectivity index (χ1v) is 10.4. The Morgan fingerprint density at radius 2 is 2.00 bits per heavy atom. The summed E-state index contributed by atoms with van der Waals surface area (Å²) in [5, 5.41) is 4.49. The Morgan fingerprint density at radius 1 is 1.13 bits per heavy atom. The number of aliphatic imine (C=N–C) groups is 1. The van der Waals surface area contributed by atoms with Crippen molar-refractivity contribution in [2.75, 3.05) is 12.4 Å². The molecule has 5 N–H and O–H groups in total. The maximum atomic E-state index is 5.67. The van der Waals surface area contributed by atoms with Crippen LogP contribution in [-0.2, 0) is 0 Å². The number of hydrogen-bond acceptors (Lipinski definition) is 6. The van der Waals surface area contributed by atoms with Crippen molar-refractivity contribution in [1.82, 2.24) is 15.0 Å². The van der Waals surface area contributed by atoms with E-state index < -0.39 is 0 Å². The molecule has 1 aliphatic rings. The highest BCUT2D eigenvalue weighted by Crippen LogP contribution is 2.29. The lowest BCUT2D eigenvalue weighted by molar-refractivity contribution is 0.405. The molecule has 0 radical (unpaired) electrons. The summed E-state index contributed by atoms with van der Waals surface area (Å²) in [7, 11) is 1.65. The van der Waals surface area contributed by atoms with Crippen LogP contribution in [0.25, 0.3) is 23.1 Å². The van der Waals surface area contributed by atoms with E-state index in [1.807, 2.05) is 48.6 Å². The summed E-state index contributed by atoms with van der Waals surface area (Å²) in [6.45, 7) is 0. The maximum absolute atomic E-state index is 5.67. The molecule has 1 aliphatic carbocycles. The summed E-state index contributed by atoms with van der Waals surface area (Å²) in [4.78, 5) is 18.3. The molecule has 8 nitrogen and oxygen atoms in total. The van der Waals surface area contributed by atoms with Crippen LogP contribution in [0.1, 0.15) is 37.2 Å². The number of anilines is 1. The molecule has 160 valence electrons. The van der Waals surface area contributed by atoms with Crippen molar-refractivity contribution < 1.29 is 4.74 Å². The fourth-order valence-corrected chi connectivity index (χ4v) is 3.87. The van der Waals surface area contributed by atoms with Crippen molar-refractivity contribution in [2.24, 2.45) is 16.5 Å². The third kappa shape index (κ3) is 5.09. The van der Waals surface area contributed by atoms with Crippen LogP contribution in [-0.4, -0.2) is 40.1 Å². The van der Waals surface area contributed by atoms with E-state index in [1.54, 1.807) is 13.3 Å². The molecule has 2 atom stereocenters. The first kappa shape index (κ1) is 20.6. The van der Waals surface area contributed by atoms with E-state index in [9.17, 15) is 0 Å². The normalized spacial score (nSPS) is 18.7. The van der Waals surface area contributed by atoms with Crippen molar-refractivity contribution in [3.05, 3.63) is 54.1 Å². The number of pyridine rings is 1. The van der Waals surface area contributed by atoms with Crippen molar-refractivity contribution in [3.8, 4) is 5.75 Å². The van der Waals surface area contributed by atoms with E-state index in [0.29, 0.717) is 5.82 Å². The Hall–Kier alpha value is -3.68. The van der Waals surface area contributed by atoms with Crippen LogP contribution >= 0.6 is 0 Å². The van der Waals surface area contributed by atoms with Gasteiger partial charge in [0, 0.05) is 11.6 Å². The predicted octanol–water partition coefficient (Wildman–Crippen LogP) is 3.20. The van der Waals surface area contributed by atoms with Crippen LogP contribution in [0.4, 0.5) is 5.82 Å². The van der Waals surface area contributed by atoms with E-state index in [-0.39, 0.29) is 18.0 Å². The second kappa shape index (κ2) is 9.42. The third-order valence-corrected chi connectivity index (χ3v) is 5.38. The van der Waals surface area contributed by atoms with Gasteiger partial charge >= 0.3 is 0 Å². The summed E-state index contributed by atoms with van der Waals surface area (Å²) >= 11 is 0. The first-order valence-electron chi connectivity index (χ1n) is 10.4. The highest BCUT2D eigenvalue weighted by atomic mass is 16.5. The van der Waals surface area contributed by atoms with Crippen LogP contribution in [0.2, 0.25) is 0 Å². The number of aromatic nitrogens is 3.